The number of hydrogen-bond acceptors (Lipinski definition) is 2. The van der Waals surface area contributed by atoms with Gasteiger partial charge in [0.2, 0.25) is 0 Å². The second-order valence-electron chi connectivity index (χ2n) is 2.05. The van der Waals surface area contributed by atoms with Gasteiger partial charge in [0.25, 0.3) is 0 Å². The van der Waals surface area contributed by atoms with Crippen LogP contribution in [0, 0.1) is 0 Å². The van der Waals surface area contributed by atoms with Gasteiger partial charge in [0.05, 0.1) is 6.26 Å². The molecule has 1 rings (SSSR count). The summed E-state index contributed by atoms with van der Waals surface area (Å²) in [6.07, 6.45) is 1.33. The standard InChI is InChI=1S/C8H8BClO2/c1-2-11-9-12-8-5-3-7(10)4-6-8/h2-6,9H,1H2. The fraction of sp³-hybridized carbons (Fsp3) is 0. The van der Waals surface area contributed by atoms with Crippen molar-refractivity contribution < 1.29 is 9.31 Å². The van der Waals surface area contributed by atoms with Crippen LogP contribution in [0.15, 0.2) is 37.1 Å². The highest BCUT2D eigenvalue weighted by Gasteiger charge is 1.94. The number of hydrogen-bond donors (Lipinski definition) is 0. The summed E-state index contributed by atoms with van der Waals surface area (Å²) in [7, 11) is 0.172. The minimum Gasteiger partial charge on any atom is -0.535 e. The van der Waals surface area contributed by atoms with Crippen LogP contribution in [-0.2, 0) is 4.65 Å². The third-order valence-corrected chi connectivity index (χ3v) is 1.48. The molecule has 0 aliphatic carbocycles. The molecule has 12 heavy (non-hydrogen) atoms. The molecule has 1 aromatic rings. The third kappa shape index (κ3) is 2.88. The lowest BCUT2D eigenvalue weighted by Gasteiger charge is -2.02. The first-order chi connectivity index (χ1) is 5.83. The van der Waals surface area contributed by atoms with E-state index in [0.29, 0.717) is 5.02 Å². The monoisotopic (exact) mass is 182 g/mol. The van der Waals surface area contributed by atoms with Crippen molar-refractivity contribution in [1.82, 2.24) is 0 Å². The van der Waals surface area contributed by atoms with Gasteiger partial charge in [0.15, 0.2) is 0 Å². The molecule has 0 unspecified atom stereocenters. The van der Waals surface area contributed by atoms with Gasteiger partial charge in [-0.1, -0.05) is 18.2 Å². The molecule has 4 heteroatoms. The zero-order chi connectivity index (χ0) is 8.81. The fourth-order valence-electron chi connectivity index (χ4n) is 0.681. The van der Waals surface area contributed by atoms with E-state index in [1.54, 1.807) is 24.3 Å². The summed E-state index contributed by atoms with van der Waals surface area (Å²) < 4.78 is 9.93. The summed E-state index contributed by atoms with van der Waals surface area (Å²) in [5.74, 6) is 0.723. The summed E-state index contributed by atoms with van der Waals surface area (Å²) in [5.41, 5.74) is 0. The molecule has 0 aliphatic heterocycles. The Morgan fingerprint density at radius 1 is 1.33 bits per heavy atom. The van der Waals surface area contributed by atoms with E-state index in [1.165, 1.54) is 6.26 Å². The van der Waals surface area contributed by atoms with Crippen LogP contribution in [0.4, 0.5) is 0 Å². The lowest BCUT2D eigenvalue weighted by molar-refractivity contribution is 0.414. The molecule has 0 N–H and O–H groups in total. The predicted molar refractivity (Wildman–Crippen MR) is 50.5 cm³/mol. The molecule has 2 nitrogen and oxygen atoms in total. The average Bonchev–Trinajstić information content (AvgIpc) is 2.09. The zero-order valence-corrected chi connectivity index (χ0v) is 7.25. The maximum absolute atomic E-state index is 5.67. The van der Waals surface area contributed by atoms with Crippen molar-refractivity contribution in [2.75, 3.05) is 0 Å². The fourth-order valence-corrected chi connectivity index (χ4v) is 0.807. The Kier molecular flexibility index (Phi) is 3.55. The van der Waals surface area contributed by atoms with Crippen LogP contribution in [-0.4, -0.2) is 7.69 Å². The summed E-state index contributed by atoms with van der Waals surface area (Å²) in [5, 5.41) is 0.687. The van der Waals surface area contributed by atoms with Crippen molar-refractivity contribution >= 4 is 19.3 Å². The highest BCUT2D eigenvalue weighted by Crippen LogP contribution is 2.14. The Morgan fingerprint density at radius 3 is 2.58 bits per heavy atom. The minimum absolute atomic E-state index is 0.172. The molecule has 0 aromatic heterocycles. The van der Waals surface area contributed by atoms with Crippen LogP contribution in [0.2, 0.25) is 5.02 Å². The Hall–Kier alpha value is -1.09. The maximum Gasteiger partial charge on any atom is 0.576 e. The smallest absolute Gasteiger partial charge is 0.535 e. The van der Waals surface area contributed by atoms with Crippen molar-refractivity contribution in [3.05, 3.63) is 42.1 Å². The Balaban J connectivity index is 2.42. The van der Waals surface area contributed by atoms with Gasteiger partial charge >= 0.3 is 7.69 Å². The number of halogens is 1. The van der Waals surface area contributed by atoms with E-state index in [2.05, 4.69) is 6.58 Å². The molecule has 0 heterocycles. The van der Waals surface area contributed by atoms with Crippen molar-refractivity contribution in [2.24, 2.45) is 0 Å². The van der Waals surface area contributed by atoms with E-state index in [0.717, 1.165) is 5.75 Å². The molecule has 0 fully saturated rings. The van der Waals surface area contributed by atoms with E-state index >= 15 is 0 Å². The van der Waals surface area contributed by atoms with Gasteiger partial charge in [-0.25, -0.2) is 0 Å². The van der Waals surface area contributed by atoms with Crippen LogP contribution >= 0.6 is 11.6 Å². The van der Waals surface area contributed by atoms with Crippen molar-refractivity contribution in [1.29, 1.82) is 0 Å². The number of benzene rings is 1. The second-order valence-corrected chi connectivity index (χ2v) is 2.49. The largest absolute Gasteiger partial charge is 0.576 e. The van der Waals surface area contributed by atoms with Gasteiger partial charge in [-0.3, -0.25) is 0 Å². The molecule has 62 valence electrons. The normalized spacial score (nSPS) is 8.75. The van der Waals surface area contributed by atoms with Crippen LogP contribution in [0.5, 0.6) is 5.75 Å². The highest BCUT2D eigenvalue weighted by atomic mass is 35.5. The first-order valence-electron chi connectivity index (χ1n) is 3.44. The van der Waals surface area contributed by atoms with Crippen molar-refractivity contribution in [3.63, 3.8) is 0 Å². The first-order valence-corrected chi connectivity index (χ1v) is 3.81. The van der Waals surface area contributed by atoms with Gasteiger partial charge in [-0.05, 0) is 24.3 Å². The van der Waals surface area contributed by atoms with Gasteiger partial charge in [-0.2, -0.15) is 0 Å². The molecule has 0 bridgehead atoms. The molecular weight excluding hydrogens is 174 g/mol. The molecule has 1 aromatic carbocycles. The zero-order valence-electron chi connectivity index (χ0n) is 6.50. The van der Waals surface area contributed by atoms with Crippen molar-refractivity contribution in [3.8, 4) is 5.75 Å². The Labute approximate surface area is 77.1 Å². The second kappa shape index (κ2) is 4.72. The molecule has 0 saturated heterocycles. The molecule has 0 aliphatic rings. The summed E-state index contributed by atoms with van der Waals surface area (Å²) in [6.45, 7) is 3.38. The van der Waals surface area contributed by atoms with Crippen LogP contribution in [0.3, 0.4) is 0 Å². The van der Waals surface area contributed by atoms with E-state index in [4.69, 9.17) is 20.9 Å². The number of rotatable bonds is 4. The topological polar surface area (TPSA) is 18.5 Å². The summed E-state index contributed by atoms with van der Waals surface area (Å²) >= 11 is 5.67. The van der Waals surface area contributed by atoms with E-state index in [-0.39, 0.29) is 7.69 Å². The highest BCUT2D eigenvalue weighted by molar-refractivity contribution is 6.30. The molecule has 0 radical (unpaired) electrons. The van der Waals surface area contributed by atoms with E-state index in [1.807, 2.05) is 0 Å². The minimum atomic E-state index is 0.172. The molecule has 0 spiro atoms. The summed E-state index contributed by atoms with van der Waals surface area (Å²) in [4.78, 5) is 0. The molecule has 0 atom stereocenters. The predicted octanol–water partition coefficient (Wildman–Crippen LogP) is 2.15. The van der Waals surface area contributed by atoms with Gasteiger partial charge < -0.3 is 9.31 Å². The van der Waals surface area contributed by atoms with E-state index in [9.17, 15) is 0 Å². The van der Waals surface area contributed by atoms with Crippen LogP contribution < -0.4 is 4.65 Å². The lowest BCUT2D eigenvalue weighted by Crippen LogP contribution is -2.02. The van der Waals surface area contributed by atoms with Gasteiger partial charge in [-0.15, -0.1) is 0 Å². The maximum atomic E-state index is 5.67. The van der Waals surface area contributed by atoms with Gasteiger partial charge in [0.1, 0.15) is 5.75 Å². The third-order valence-electron chi connectivity index (χ3n) is 1.23. The Morgan fingerprint density at radius 2 is 2.00 bits per heavy atom. The Bertz CT molecular complexity index is 248. The summed E-state index contributed by atoms with van der Waals surface area (Å²) in [6, 6.07) is 7.05. The molecule has 0 saturated carbocycles. The van der Waals surface area contributed by atoms with Crippen LogP contribution in [0.1, 0.15) is 0 Å². The lowest BCUT2D eigenvalue weighted by atomic mass is 10.3. The quantitative estimate of drug-likeness (QED) is 0.403. The average molecular weight is 182 g/mol. The van der Waals surface area contributed by atoms with Gasteiger partial charge in [0, 0.05) is 5.02 Å². The molecule has 0 amide bonds. The van der Waals surface area contributed by atoms with Crippen molar-refractivity contribution in [2.45, 2.75) is 0 Å². The SMILES string of the molecule is C=COBOc1ccc(Cl)cc1. The molecular formula is C8H8BClO2. The van der Waals surface area contributed by atoms with Crippen LogP contribution in [0.25, 0.3) is 0 Å². The van der Waals surface area contributed by atoms with E-state index < -0.39 is 0 Å². The first kappa shape index (κ1) is 9.01.